The molecule has 134 valence electrons. The van der Waals surface area contributed by atoms with Crippen molar-refractivity contribution in [1.82, 2.24) is 14.7 Å². The van der Waals surface area contributed by atoms with Gasteiger partial charge in [0.15, 0.2) is 0 Å². The Labute approximate surface area is 157 Å². The maximum atomic E-state index is 12.9. The van der Waals surface area contributed by atoms with Crippen molar-refractivity contribution in [1.29, 1.82) is 5.26 Å². The number of nitrogens with zero attached hydrogens (tertiary/aromatic N) is 4. The van der Waals surface area contributed by atoms with Crippen molar-refractivity contribution in [2.24, 2.45) is 0 Å². The summed E-state index contributed by atoms with van der Waals surface area (Å²) in [6.07, 6.45) is 3.93. The topological polar surface area (TPSA) is 71.2 Å². The number of rotatable bonds is 6. The van der Waals surface area contributed by atoms with E-state index < -0.39 is 0 Å². The molecular formula is C21H18N4O2. The Hall–Kier alpha value is -3.59. The number of carbonyl (C=O) groups is 1. The predicted molar refractivity (Wildman–Crippen MR) is 99.3 cm³/mol. The predicted octanol–water partition coefficient (Wildman–Crippen LogP) is 3.32. The van der Waals surface area contributed by atoms with E-state index in [1.807, 2.05) is 59.6 Å². The normalized spacial score (nSPS) is 12.7. The van der Waals surface area contributed by atoms with Gasteiger partial charge in [-0.05, 0) is 35.4 Å². The monoisotopic (exact) mass is 358 g/mol. The van der Waals surface area contributed by atoms with Crippen LogP contribution in [0.1, 0.15) is 27.9 Å². The molecule has 0 N–H and O–H groups in total. The van der Waals surface area contributed by atoms with Crippen molar-refractivity contribution < 1.29 is 9.53 Å². The molecular weight excluding hydrogens is 340 g/mol. The zero-order valence-corrected chi connectivity index (χ0v) is 14.7. The molecule has 3 aromatic rings. The van der Waals surface area contributed by atoms with Gasteiger partial charge in [0.1, 0.15) is 12.4 Å². The Morgan fingerprint density at radius 3 is 2.74 bits per heavy atom. The molecule has 0 bridgehead atoms. The summed E-state index contributed by atoms with van der Waals surface area (Å²) in [5.74, 6) is 0.526. The van der Waals surface area contributed by atoms with Gasteiger partial charge in [-0.3, -0.25) is 4.79 Å². The molecule has 0 saturated carbocycles. The maximum absolute atomic E-state index is 12.9. The molecule has 2 heterocycles. The summed E-state index contributed by atoms with van der Waals surface area (Å²) in [7, 11) is 0. The van der Waals surface area contributed by atoms with E-state index in [1.165, 1.54) is 0 Å². The van der Waals surface area contributed by atoms with Gasteiger partial charge in [-0.1, -0.05) is 24.3 Å². The summed E-state index contributed by atoms with van der Waals surface area (Å²) in [6, 6.07) is 17.6. The molecule has 6 nitrogen and oxygen atoms in total. The third-order valence-corrected chi connectivity index (χ3v) is 4.52. The third kappa shape index (κ3) is 3.40. The van der Waals surface area contributed by atoms with E-state index in [0.29, 0.717) is 30.8 Å². The van der Waals surface area contributed by atoms with Crippen LogP contribution in [0.4, 0.5) is 0 Å². The maximum Gasteiger partial charge on any atom is 0.258 e. The highest BCUT2D eigenvalue weighted by atomic mass is 16.5. The van der Waals surface area contributed by atoms with Crippen molar-refractivity contribution in [2.45, 2.75) is 19.5 Å². The van der Waals surface area contributed by atoms with Crippen LogP contribution in [0.25, 0.3) is 5.69 Å². The van der Waals surface area contributed by atoms with E-state index in [0.717, 1.165) is 16.8 Å². The number of hydrogen-bond donors (Lipinski definition) is 0. The number of aromatic nitrogens is 2. The highest BCUT2D eigenvalue weighted by Gasteiger charge is 2.30. The lowest BCUT2D eigenvalue weighted by Crippen LogP contribution is -2.23. The first-order chi connectivity index (χ1) is 13.3. The number of nitriles is 1. The zero-order valence-electron chi connectivity index (χ0n) is 14.7. The largest absolute Gasteiger partial charge is 0.492 e. The van der Waals surface area contributed by atoms with Crippen LogP contribution < -0.4 is 4.74 Å². The number of ether oxygens (including phenoxy) is 1. The second-order valence-corrected chi connectivity index (χ2v) is 6.33. The Balaban J connectivity index is 1.48. The quantitative estimate of drug-likeness (QED) is 0.634. The second kappa shape index (κ2) is 7.34. The SMILES string of the molecule is N#CCCOc1cccc2c1C(=O)N(Cc1ccc(-n3cccn3)cc1)C2. The van der Waals surface area contributed by atoms with Crippen LogP contribution in [0.15, 0.2) is 60.9 Å². The fourth-order valence-corrected chi connectivity index (χ4v) is 3.24. The summed E-state index contributed by atoms with van der Waals surface area (Å²) in [6.45, 7) is 1.38. The molecule has 1 aliphatic heterocycles. The van der Waals surface area contributed by atoms with E-state index >= 15 is 0 Å². The fraction of sp³-hybridized carbons (Fsp3) is 0.190. The van der Waals surface area contributed by atoms with Crippen molar-refractivity contribution in [3.05, 3.63) is 77.6 Å². The molecule has 1 aromatic heterocycles. The first kappa shape index (κ1) is 16.9. The minimum atomic E-state index is -0.0336. The zero-order chi connectivity index (χ0) is 18.6. The molecule has 1 amide bonds. The number of fused-ring (bicyclic) bond motifs is 1. The van der Waals surface area contributed by atoms with E-state index in [-0.39, 0.29) is 12.5 Å². The molecule has 0 saturated heterocycles. The number of carbonyl (C=O) groups excluding carboxylic acids is 1. The van der Waals surface area contributed by atoms with Gasteiger partial charge in [0.25, 0.3) is 5.91 Å². The molecule has 0 fully saturated rings. The first-order valence-corrected chi connectivity index (χ1v) is 8.76. The van der Waals surface area contributed by atoms with Gasteiger partial charge >= 0.3 is 0 Å². The van der Waals surface area contributed by atoms with Crippen LogP contribution in [-0.4, -0.2) is 27.2 Å². The molecule has 4 rings (SSSR count). The van der Waals surface area contributed by atoms with E-state index in [9.17, 15) is 4.79 Å². The van der Waals surface area contributed by atoms with Gasteiger partial charge in [0.2, 0.25) is 0 Å². The summed E-state index contributed by atoms with van der Waals surface area (Å²) >= 11 is 0. The van der Waals surface area contributed by atoms with E-state index in [1.54, 1.807) is 16.9 Å². The molecule has 0 unspecified atom stereocenters. The van der Waals surface area contributed by atoms with Gasteiger partial charge in [0.05, 0.1) is 23.7 Å². The standard InChI is InChI=1S/C21H18N4O2/c22-10-2-13-27-19-5-1-4-17-15-24(21(26)20(17)19)14-16-6-8-18(9-7-16)25-12-3-11-23-25/h1,3-9,11-12H,2,13-15H2. The van der Waals surface area contributed by atoms with Gasteiger partial charge in [0, 0.05) is 25.5 Å². The Bertz CT molecular complexity index is 988. The van der Waals surface area contributed by atoms with E-state index in [2.05, 4.69) is 5.10 Å². The minimum Gasteiger partial charge on any atom is -0.492 e. The lowest BCUT2D eigenvalue weighted by atomic mass is 10.1. The van der Waals surface area contributed by atoms with Crippen LogP contribution in [0.5, 0.6) is 5.75 Å². The lowest BCUT2D eigenvalue weighted by molar-refractivity contribution is 0.0763. The highest BCUT2D eigenvalue weighted by Crippen LogP contribution is 2.32. The van der Waals surface area contributed by atoms with Crippen molar-refractivity contribution in [3.63, 3.8) is 0 Å². The summed E-state index contributed by atoms with van der Waals surface area (Å²) < 4.78 is 7.43. The summed E-state index contributed by atoms with van der Waals surface area (Å²) in [5, 5.41) is 12.9. The smallest absolute Gasteiger partial charge is 0.258 e. The fourth-order valence-electron chi connectivity index (χ4n) is 3.24. The minimum absolute atomic E-state index is 0.0336. The van der Waals surface area contributed by atoms with Crippen LogP contribution >= 0.6 is 0 Å². The Morgan fingerprint density at radius 1 is 1.15 bits per heavy atom. The third-order valence-electron chi connectivity index (χ3n) is 4.52. The Kier molecular flexibility index (Phi) is 4.58. The molecule has 0 atom stereocenters. The molecule has 6 heteroatoms. The molecule has 27 heavy (non-hydrogen) atoms. The van der Waals surface area contributed by atoms with Gasteiger partial charge < -0.3 is 9.64 Å². The second-order valence-electron chi connectivity index (χ2n) is 6.33. The van der Waals surface area contributed by atoms with Gasteiger partial charge in [-0.15, -0.1) is 0 Å². The molecule has 0 aliphatic carbocycles. The van der Waals surface area contributed by atoms with Crippen LogP contribution in [0.3, 0.4) is 0 Å². The van der Waals surface area contributed by atoms with Crippen molar-refractivity contribution in [2.75, 3.05) is 6.61 Å². The van der Waals surface area contributed by atoms with Crippen molar-refractivity contribution >= 4 is 5.91 Å². The van der Waals surface area contributed by atoms with Crippen LogP contribution in [-0.2, 0) is 13.1 Å². The van der Waals surface area contributed by atoms with Gasteiger partial charge in [-0.25, -0.2) is 4.68 Å². The highest BCUT2D eigenvalue weighted by molar-refractivity contribution is 6.00. The van der Waals surface area contributed by atoms with E-state index in [4.69, 9.17) is 10.00 Å². The lowest BCUT2D eigenvalue weighted by Gasteiger charge is -2.16. The molecule has 2 aromatic carbocycles. The number of benzene rings is 2. The molecule has 0 spiro atoms. The molecule has 0 radical (unpaired) electrons. The van der Waals surface area contributed by atoms with Crippen LogP contribution in [0.2, 0.25) is 0 Å². The van der Waals surface area contributed by atoms with Gasteiger partial charge in [-0.2, -0.15) is 10.4 Å². The first-order valence-electron chi connectivity index (χ1n) is 8.76. The summed E-state index contributed by atoms with van der Waals surface area (Å²) in [5.41, 5.74) is 3.61. The Morgan fingerprint density at radius 2 is 2.00 bits per heavy atom. The molecule has 1 aliphatic rings. The average Bonchev–Trinajstić information content (AvgIpc) is 3.32. The average molecular weight is 358 g/mol. The number of amides is 1. The van der Waals surface area contributed by atoms with Crippen LogP contribution in [0, 0.1) is 11.3 Å². The summed E-state index contributed by atoms with van der Waals surface area (Å²) in [4.78, 5) is 14.7. The number of hydrogen-bond acceptors (Lipinski definition) is 4. The van der Waals surface area contributed by atoms with Crippen molar-refractivity contribution in [3.8, 4) is 17.5 Å².